The average Bonchev–Trinajstić information content (AvgIpc) is 2.78. The fourth-order valence-corrected chi connectivity index (χ4v) is 1.89. The molecular formula is C12H15NO3. The van der Waals surface area contributed by atoms with Gasteiger partial charge in [0.2, 0.25) is 5.91 Å². The molecule has 0 N–H and O–H groups in total. The number of amides is 1. The standard InChI is InChI=1S/C12H15NO3/c14-10-3-1-7-13(9-10)12(15)6-5-11-4-2-8-16-11/h2,4,8H,1,3,5-7,9H2. The second-order valence-corrected chi connectivity index (χ2v) is 4.04. The van der Waals surface area contributed by atoms with E-state index in [4.69, 9.17) is 4.42 Å². The summed E-state index contributed by atoms with van der Waals surface area (Å²) in [4.78, 5) is 24.6. The number of hydrogen-bond acceptors (Lipinski definition) is 3. The first kappa shape index (κ1) is 10.9. The van der Waals surface area contributed by atoms with Crippen LogP contribution >= 0.6 is 0 Å². The van der Waals surface area contributed by atoms with E-state index in [1.807, 2.05) is 12.1 Å². The third kappa shape index (κ3) is 2.72. The van der Waals surface area contributed by atoms with E-state index in [0.29, 0.717) is 25.8 Å². The van der Waals surface area contributed by atoms with Crippen LogP contribution in [0.1, 0.15) is 25.0 Å². The lowest BCUT2D eigenvalue weighted by Crippen LogP contribution is -2.40. The van der Waals surface area contributed by atoms with E-state index in [2.05, 4.69) is 0 Å². The highest BCUT2D eigenvalue weighted by Gasteiger charge is 2.21. The van der Waals surface area contributed by atoms with E-state index in [-0.39, 0.29) is 18.2 Å². The smallest absolute Gasteiger partial charge is 0.223 e. The number of nitrogens with zero attached hydrogens (tertiary/aromatic N) is 1. The molecule has 0 spiro atoms. The lowest BCUT2D eigenvalue weighted by Gasteiger charge is -2.25. The number of hydrogen-bond donors (Lipinski definition) is 0. The van der Waals surface area contributed by atoms with Gasteiger partial charge in [-0.1, -0.05) is 0 Å². The van der Waals surface area contributed by atoms with E-state index in [1.165, 1.54) is 0 Å². The fraction of sp³-hybridized carbons (Fsp3) is 0.500. The van der Waals surface area contributed by atoms with E-state index in [1.54, 1.807) is 11.2 Å². The number of likely N-dealkylation sites (tertiary alicyclic amines) is 1. The third-order valence-corrected chi connectivity index (χ3v) is 2.77. The molecule has 0 unspecified atom stereocenters. The Morgan fingerprint density at radius 1 is 1.50 bits per heavy atom. The van der Waals surface area contributed by atoms with Gasteiger partial charge in [-0.3, -0.25) is 9.59 Å². The Balaban J connectivity index is 1.81. The molecule has 1 aromatic heterocycles. The lowest BCUT2D eigenvalue weighted by molar-refractivity contribution is -0.137. The molecule has 1 saturated heterocycles. The van der Waals surface area contributed by atoms with Crippen molar-refractivity contribution in [2.75, 3.05) is 13.1 Å². The second-order valence-electron chi connectivity index (χ2n) is 4.04. The topological polar surface area (TPSA) is 50.5 Å². The van der Waals surface area contributed by atoms with Crippen LogP contribution in [0, 0.1) is 0 Å². The summed E-state index contributed by atoms with van der Waals surface area (Å²) in [5.74, 6) is 1.03. The normalized spacial score (nSPS) is 16.5. The maximum Gasteiger partial charge on any atom is 0.223 e. The van der Waals surface area contributed by atoms with Crippen molar-refractivity contribution in [1.82, 2.24) is 4.90 Å². The molecule has 2 rings (SSSR count). The van der Waals surface area contributed by atoms with Crippen LogP contribution in [-0.4, -0.2) is 29.7 Å². The molecule has 1 aliphatic heterocycles. The van der Waals surface area contributed by atoms with Crippen LogP contribution < -0.4 is 0 Å². The fourth-order valence-electron chi connectivity index (χ4n) is 1.89. The molecule has 0 aliphatic carbocycles. The van der Waals surface area contributed by atoms with Gasteiger partial charge in [0.05, 0.1) is 12.8 Å². The number of furan rings is 1. The van der Waals surface area contributed by atoms with E-state index >= 15 is 0 Å². The van der Waals surface area contributed by atoms with Gasteiger partial charge in [-0.15, -0.1) is 0 Å². The molecule has 4 heteroatoms. The van der Waals surface area contributed by atoms with Crippen molar-refractivity contribution in [3.63, 3.8) is 0 Å². The summed E-state index contributed by atoms with van der Waals surface area (Å²) in [5.41, 5.74) is 0. The Bertz CT molecular complexity index is 370. The van der Waals surface area contributed by atoms with Crippen molar-refractivity contribution in [1.29, 1.82) is 0 Å². The van der Waals surface area contributed by atoms with E-state index in [9.17, 15) is 9.59 Å². The minimum Gasteiger partial charge on any atom is -0.469 e. The SMILES string of the molecule is O=C1CCCN(C(=O)CCc2ccco2)C1. The highest BCUT2D eigenvalue weighted by atomic mass is 16.3. The Morgan fingerprint density at radius 2 is 2.38 bits per heavy atom. The molecule has 86 valence electrons. The van der Waals surface area contributed by atoms with Crippen LogP contribution in [0.25, 0.3) is 0 Å². The summed E-state index contributed by atoms with van der Waals surface area (Å²) in [6.45, 7) is 1.000. The van der Waals surface area contributed by atoms with Gasteiger partial charge >= 0.3 is 0 Å². The van der Waals surface area contributed by atoms with Gasteiger partial charge in [0.15, 0.2) is 5.78 Å². The van der Waals surface area contributed by atoms with Crippen LogP contribution in [0.3, 0.4) is 0 Å². The molecular weight excluding hydrogens is 206 g/mol. The molecule has 1 fully saturated rings. The second kappa shape index (κ2) is 4.96. The molecule has 2 heterocycles. The summed E-state index contributed by atoms with van der Waals surface area (Å²) < 4.78 is 5.15. The molecule has 16 heavy (non-hydrogen) atoms. The maximum atomic E-state index is 11.8. The van der Waals surface area contributed by atoms with Gasteiger partial charge in [-0.05, 0) is 18.6 Å². The maximum absolute atomic E-state index is 11.8. The van der Waals surface area contributed by atoms with E-state index < -0.39 is 0 Å². The zero-order valence-corrected chi connectivity index (χ0v) is 9.15. The Kier molecular flexibility index (Phi) is 3.39. The Labute approximate surface area is 94.2 Å². The van der Waals surface area contributed by atoms with Gasteiger partial charge in [0.1, 0.15) is 5.76 Å². The summed E-state index contributed by atoms with van der Waals surface area (Å²) >= 11 is 0. The van der Waals surface area contributed by atoms with Gasteiger partial charge in [0, 0.05) is 25.8 Å². The highest BCUT2D eigenvalue weighted by molar-refractivity contribution is 5.87. The van der Waals surface area contributed by atoms with Gasteiger partial charge in [-0.25, -0.2) is 0 Å². The number of rotatable bonds is 3. The minimum absolute atomic E-state index is 0.0458. The van der Waals surface area contributed by atoms with Crippen molar-refractivity contribution in [3.05, 3.63) is 24.2 Å². The molecule has 4 nitrogen and oxygen atoms in total. The predicted molar refractivity (Wildman–Crippen MR) is 57.9 cm³/mol. The van der Waals surface area contributed by atoms with Crippen molar-refractivity contribution in [3.8, 4) is 0 Å². The molecule has 1 aromatic rings. The first-order chi connectivity index (χ1) is 7.75. The third-order valence-electron chi connectivity index (χ3n) is 2.77. The van der Waals surface area contributed by atoms with Crippen molar-refractivity contribution in [2.45, 2.75) is 25.7 Å². The van der Waals surface area contributed by atoms with Crippen LogP contribution in [0.2, 0.25) is 0 Å². The van der Waals surface area contributed by atoms with Crippen molar-refractivity contribution in [2.24, 2.45) is 0 Å². The molecule has 1 amide bonds. The van der Waals surface area contributed by atoms with Crippen LogP contribution in [-0.2, 0) is 16.0 Å². The average molecular weight is 221 g/mol. The molecule has 0 bridgehead atoms. The van der Waals surface area contributed by atoms with Gasteiger partial charge in [-0.2, -0.15) is 0 Å². The summed E-state index contributed by atoms with van der Waals surface area (Å²) in [5, 5.41) is 0. The van der Waals surface area contributed by atoms with E-state index in [0.717, 1.165) is 12.2 Å². The number of piperidine rings is 1. The predicted octanol–water partition coefficient (Wildman–Crippen LogP) is 1.40. The molecule has 1 aliphatic rings. The molecule has 0 atom stereocenters. The van der Waals surface area contributed by atoms with Crippen LogP contribution in [0.5, 0.6) is 0 Å². The molecule has 0 saturated carbocycles. The van der Waals surface area contributed by atoms with Crippen LogP contribution in [0.15, 0.2) is 22.8 Å². The number of ketones is 1. The number of carbonyl (C=O) groups is 2. The highest BCUT2D eigenvalue weighted by Crippen LogP contribution is 2.10. The number of carbonyl (C=O) groups excluding carboxylic acids is 2. The van der Waals surface area contributed by atoms with Gasteiger partial charge < -0.3 is 9.32 Å². The molecule has 0 radical (unpaired) electrons. The number of Topliss-reactive ketones (excluding diaryl/α,β-unsaturated/α-hetero) is 1. The quantitative estimate of drug-likeness (QED) is 0.775. The Hall–Kier alpha value is -1.58. The summed E-state index contributed by atoms with van der Waals surface area (Å²) in [6.07, 6.45) is 4.04. The molecule has 0 aromatic carbocycles. The zero-order chi connectivity index (χ0) is 11.4. The van der Waals surface area contributed by atoms with Crippen LogP contribution in [0.4, 0.5) is 0 Å². The number of aryl methyl sites for hydroxylation is 1. The first-order valence-corrected chi connectivity index (χ1v) is 5.57. The van der Waals surface area contributed by atoms with Gasteiger partial charge in [0.25, 0.3) is 0 Å². The van der Waals surface area contributed by atoms with Crippen molar-refractivity contribution < 1.29 is 14.0 Å². The minimum atomic E-state index is 0.0458. The summed E-state index contributed by atoms with van der Waals surface area (Å²) in [7, 11) is 0. The monoisotopic (exact) mass is 221 g/mol. The lowest BCUT2D eigenvalue weighted by atomic mass is 10.1. The first-order valence-electron chi connectivity index (χ1n) is 5.57. The zero-order valence-electron chi connectivity index (χ0n) is 9.15. The van der Waals surface area contributed by atoms with Crippen molar-refractivity contribution >= 4 is 11.7 Å². The summed E-state index contributed by atoms with van der Waals surface area (Å²) in [6, 6.07) is 3.67. The Morgan fingerprint density at radius 3 is 3.06 bits per heavy atom. The largest absolute Gasteiger partial charge is 0.469 e.